The number of rotatable bonds is 10. The second kappa shape index (κ2) is 11.2. The van der Waals surface area contributed by atoms with Crippen LogP contribution in [0, 0.1) is 11.8 Å². The van der Waals surface area contributed by atoms with Gasteiger partial charge in [-0.25, -0.2) is 0 Å². The molecule has 1 aromatic rings. The van der Waals surface area contributed by atoms with Gasteiger partial charge >= 0.3 is 0 Å². The minimum Gasteiger partial charge on any atom is -0.394 e. The number of benzene rings is 1. The quantitative estimate of drug-likeness (QED) is 0.572. The van der Waals surface area contributed by atoms with E-state index in [0.29, 0.717) is 6.04 Å². The van der Waals surface area contributed by atoms with Crippen LogP contribution in [0.4, 0.5) is 0 Å². The van der Waals surface area contributed by atoms with Gasteiger partial charge in [0.05, 0.1) is 12.6 Å². The average Bonchev–Trinajstić information content (AvgIpc) is 3.19. The molecule has 152 valence electrons. The molecule has 1 N–H and O–H groups in total. The highest BCUT2D eigenvalue weighted by Crippen LogP contribution is 2.40. The number of aliphatic hydroxyl groups excluding tert-OH is 1. The van der Waals surface area contributed by atoms with Crippen molar-refractivity contribution >= 4 is 0 Å². The van der Waals surface area contributed by atoms with Gasteiger partial charge in [0.25, 0.3) is 0 Å². The molecule has 0 spiro atoms. The molecule has 0 bridgehead atoms. The highest BCUT2D eigenvalue weighted by atomic mass is 16.5. The Kier molecular flexibility index (Phi) is 8.63. The van der Waals surface area contributed by atoms with Gasteiger partial charge in [0, 0.05) is 19.3 Å². The van der Waals surface area contributed by atoms with Gasteiger partial charge in [-0.05, 0) is 62.5 Å². The summed E-state index contributed by atoms with van der Waals surface area (Å²) in [4.78, 5) is 2.62. The highest BCUT2D eigenvalue weighted by molar-refractivity contribution is 5.20. The maximum Gasteiger partial charge on any atom is 0.0628 e. The van der Waals surface area contributed by atoms with Gasteiger partial charge in [0.2, 0.25) is 0 Å². The molecule has 3 heteroatoms. The Hall–Kier alpha value is -0.900. The molecule has 0 unspecified atom stereocenters. The summed E-state index contributed by atoms with van der Waals surface area (Å²) in [6.45, 7) is 5.47. The molecular formula is C24H39NO2. The van der Waals surface area contributed by atoms with Crippen molar-refractivity contribution < 1.29 is 9.84 Å². The standard InChI is InChI=1S/C24H39NO2/c1-2-3-17-27-18-15-20-11-13-22(14-12-20)23-10-7-16-25(23)24(19-26)21-8-5-4-6-9-21/h4-6,8-9,20,22-24,26H,2-3,7,10-19H2,1H3/t20?,22?,23-,24-/m1/s1. The minimum absolute atomic E-state index is 0.170. The fourth-order valence-corrected chi connectivity index (χ4v) is 5.25. The Morgan fingerprint density at radius 3 is 2.56 bits per heavy atom. The number of nitrogens with zero attached hydrogens (tertiary/aromatic N) is 1. The van der Waals surface area contributed by atoms with Crippen LogP contribution in [-0.4, -0.2) is 42.4 Å². The summed E-state index contributed by atoms with van der Waals surface area (Å²) >= 11 is 0. The molecule has 2 atom stereocenters. The zero-order valence-corrected chi connectivity index (χ0v) is 17.2. The lowest BCUT2D eigenvalue weighted by molar-refractivity contribution is 0.0614. The lowest BCUT2D eigenvalue weighted by atomic mass is 9.76. The van der Waals surface area contributed by atoms with Gasteiger partial charge in [0.15, 0.2) is 0 Å². The number of hydrogen-bond acceptors (Lipinski definition) is 3. The summed E-state index contributed by atoms with van der Waals surface area (Å²) in [7, 11) is 0. The predicted molar refractivity (Wildman–Crippen MR) is 112 cm³/mol. The summed E-state index contributed by atoms with van der Waals surface area (Å²) in [6.07, 6.45) is 11.7. The van der Waals surface area contributed by atoms with Gasteiger partial charge in [-0.15, -0.1) is 0 Å². The normalized spacial score (nSPS) is 27.7. The van der Waals surface area contributed by atoms with Gasteiger partial charge in [0.1, 0.15) is 0 Å². The van der Waals surface area contributed by atoms with E-state index >= 15 is 0 Å². The lowest BCUT2D eigenvalue weighted by Gasteiger charge is -2.40. The molecule has 0 aromatic heterocycles. The average molecular weight is 374 g/mol. The molecule has 0 radical (unpaired) electrons. The summed E-state index contributed by atoms with van der Waals surface area (Å²) < 4.78 is 5.78. The van der Waals surface area contributed by atoms with E-state index in [-0.39, 0.29) is 12.6 Å². The van der Waals surface area contributed by atoms with Crippen LogP contribution in [0.25, 0.3) is 0 Å². The fourth-order valence-electron chi connectivity index (χ4n) is 5.25. The third kappa shape index (κ3) is 5.79. The van der Waals surface area contributed by atoms with E-state index in [1.807, 2.05) is 0 Å². The summed E-state index contributed by atoms with van der Waals surface area (Å²) in [5, 5.41) is 10.1. The van der Waals surface area contributed by atoms with Gasteiger partial charge < -0.3 is 9.84 Å². The fraction of sp³-hybridized carbons (Fsp3) is 0.750. The molecule has 27 heavy (non-hydrogen) atoms. The molecule has 2 fully saturated rings. The van der Waals surface area contributed by atoms with Gasteiger partial charge in [-0.2, -0.15) is 0 Å². The smallest absolute Gasteiger partial charge is 0.0628 e. The molecule has 3 rings (SSSR count). The molecule has 1 aliphatic heterocycles. The van der Waals surface area contributed by atoms with Crippen LogP contribution in [0.15, 0.2) is 30.3 Å². The number of hydrogen-bond donors (Lipinski definition) is 1. The maximum absolute atomic E-state index is 10.1. The second-order valence-electron chi connectivity index (χ2n) is 8.59. The van der Waals surface area contributed by atoms with E-state index in [1.165, 1.54) is 63.4 Å². The number of aliphatic hydroxyl groups is 1. The first-order valence-electron chi connectivity index (χ1n) is 11.3. The zero-order valence-electron chi connectivity index (χ0n) is 17.2. The van der Waals surface area contributed by atoms with Crippen LogP contribution in [0.2, 0.25) is 0 Å². The summed E-state index contributed by atoms with van der Waals surface area (Å²) in [6, 6.07) is 11.4. The van der Waals surface area contributed by atoms with Crippen molar-refractivity contribution in [2.24, 2.45) is 11.8 Å². The molecule has 1 aliphatic carbocycles. The molecule has 3 nitrogen and oxygen atoms in total. The largest absolute Gasteiger partial charge is 0.394 e. The minimum atomic E-state index is 0.170. The van der Waals surface area contributed by atoms with E-state index in [2.05, 4.69) is 42.2 Å². The second-order valence-corrected chi connectivity index (χ2v) is 8.59. The Balaban J connectivity index is 1.48. The Labute approximate surface area is 166 Å². The third-order valence-corrected chi connectivity index (χ3v) is 6.85. The van der Waals surface area contributed by atoms with Crippen molar-refractivity contribution in [2.75, 3.05) is 26.4 Å². The van der Waals surface area contributed by atoms with Crippen molar-refractivity contribution in [2.45, 2.75) is 76.8 Å². The van der Waals surface area contributed by atoms with E-state index in [0.717, 1.165) is 31.6 Å². The van der Waals surface area contributed by atoms with Crippen molar-refractivity contribution in [1.29, 1.82) is 0 Å². The molecular weight excluding hydrogens is 334 g/mol. The first-order chi connectivity index (χ1) is 13.3. The van der Waals surface area contributed by atoms with Gasteiger partial charge in [-0.1, -0.05) is 56.5 Å². The van der Waals surface area contributed by atoms with Crippen LogP contribution in [0.3, 0.4) is 0 Å². The van der Waals surface area contributed by atoms with E-state index in [4.69, 9.17) is 4.74 Å². The summed E-state index contributed by atoms with van der Waals surface area (Å²) in [5.74, 6) is 1.67. The van der Waals surface area contributed by atoms with Crippen LogP contribution in [0.1, 0.15) is 76.3 Å². The van der Waals surface area contributed by atoms with Crippen LogP contribution < -0.4 is 0 Å². The highest BCUT2D eigenvalue weighted by Gasteiger charge is 2.37. The maximum atomic E-state index is 10.1. The number of unbranched alkanes of at least 4 members (excludes halogenated alkanes) is 1. The number of ether oxygens (including phenoxy) is 1. The lowest BCUT2D eigenvalue weighted by Crippen LogP contribution is -2.41. The van der Waals surface area contributed by atoms with Crippen molar-refractivity contribution in [3.8, 4) is 0 Å². The van der Waals surface area contributed by atoms with Crippen molar-refractivity contribution in [3.63, 3.8) is 0 Å². The Bertz CT molecular complexity index is 512. The SMILES string of the molecule is CCCCOCCC1CCC([C@H]2CCCN2[C@H](CO)c2ccccc2)CC1. The topological polar surface area (TPSA) is 32.7 Å². The third-order valence-electron chi connectivity index (χ3n) is 6.85. The molecule has 0 amide bonds. The number of likely N-dealkylation sites (tertiary alicyclic amines) is 1. The Morgan fingerprint density at radius 1 is 1.07 bits per heavy atom. The van der Waals surface area contributed by atoms with Crippen LogP contribution >= 0.6 is 0 Å². The van der Waals surface area contributed by atoms with Crippen LogP contribution in [0.5, 0.6) is 0 Å². The molecule has 1 aromatic carbocycles. The van der Waals surface area contributed by atoms with Crippen LogP contribution in [-0.2, 0) is 4.74 Å². The molecule has 1 saturated heterocycles. The van der Waals surface area contributed by atoms with Crippen molar-refractivity contribution in [1.82, 2.24) is 4.90 Å². The first kappa shape index (κ1) is 20.8. The molecule has 1 heterocycles. The predicted octanol–water partition coefficient (Wildman–Crippen LogP) is 5.20. The first-order valence-corrected chi connectivity index (χ1v) is 11.3. The van der Waals surface area contributed by atoms with Crippen molar-refractivity contribution in [3.05, 3.63) is 35.9 Å². The monoisotopic (exact) mass is 373 g/mol. The molecule has 1 saturated carbocycles. The van der Waals surface area contributed by atoms with E-state index in [9.17, 15) is 5.11 Å². The zero-order chi connectivity index (χ0) is 18.9. The molecule has 2 aliphatic rings. The van der Waals surface area contributed by atoms with E-state index < -0.39 is 0 Å². The summed E-state index contributed by atoms with van der Waals surface area (Å²) in [5.41, 5.74) is 1.27. The Morgan fingerprint density at radius 2 is 1.85 bits per heavy atom. The van der Waals surface area contributed by atoms with Gasteiger partial charge in [-0.3, -0.25) is 4.90 Å². The van der Waals surface area contributed by atoms with E-state index in [1.54, 1.807) is 0 Å².